The largest absolute Gasteiger partial charge is 0.462 e. The Morgan fingerprint density at radius 2 is 1.67 bits per heavy atom. The van der Waals surface area contributed by atoms with E-state index in [0.29, 0.717) is 24.0 Å². The molecule has 67 heavy (non-hydrogen) atoms. The minimum atomic E-state index is -1.70. The van der Waals surface area contributed by atoms with Gasteiger partial charge in [-0.2, -0.15) is 5.06 Å². The van der Waals surface area contributed by atoms with Crippen molar-refractivity contribution in [1.29, 1.82) is 0 Å². The number of amides is 2. The summed E-state index contributed by atoms with van der Waals surface area (Å²) in [6, 6.07) is 3.26. The maximum Gasteiger partial charge on any atom is 0.348 e. The molecule has 0 radical (unpaired) electrons. The Balaban J connectivity index is 1.28. The van der Waals surface area contributed by atoms with E-state index in [0.717, 1.165) is 38.5 Å². The Morgan fingerprint density at radius 1 is 0.985 bits per heavy atom. The predicted octanol–water partition coefficient (Wildman–Crippen LogP) is 4.10. The normalized spacial score (nSPS) is 28.5. The molecule has 0 unspecified atom stereocenters. The Hall–Kier alpha value is -4.46. The van der Waals surface area contributed by atoms with Crippen LogP contribution in [0.2, 0.25) is 0 Å². The molecule has 1 aromatic carbocycles. The lowest BCUT2D eigenvalue weighted by Crippen LogP contribution is -2.71. The quantitative estimate of drug-likeness (QED) is 0.0555. The fourth-order valence-corrected chi connectivity index (χ4v) is 9.79. The fourth-order valence-electron chi connectivity index (χ4n) is 9.79. The van der Waals surface area contributed by atoms with Crippen molar-refractivity contribution in [3.63, 3.8) is 0 Å². The lowest BCUT2D eigenvalue weighted by atomic mass is 9.62. The molecule has 1 aromatic rings. The summed E-state index contributed by atoms with van der Waals surface area (Å²) >= 11 is 0. The summed E-state index contributed by atoms with van der Waals surface area (Å²) in [5.41, 5.74) is -1.89. The summed E-state index contributed by atoms with van der Waals surface area (Å²) < 4.78 is 35.9. The highest BCUT2D eigenvalue weighted by atomic mass is 16.8. The standard InChI is InChI=1S/C49H71N3O15/c1-9-11-13-22-48(23-14-12-10-2)65-37-33-25-49(45(60)51-36(29(3)54)42(57)50-32(27-53)19-21-35(56)64-46(4,5)6)39(43(58)62-33)52(67-40(49)38(37)66-48)26-31-17-15-16-30(24-31)18-20-34(55)63-41-44(59)61-28-47(41,7)8/h15-18,20,24,29,32-33,36-41,53-54H,9-14,19,21-23,25-28H2,1-8H3,(H,50,57)(H,51,60)/t29-,32-,33+,36+,37-,38-,39-,40+,41-,49-/m0/s1. The number of fused-ring (bicyclic) bond motifs is 4. The van der Waals surface area contributed by atoms with Crippen LogP contribution in [0.1, 0.15) is 137 Å². The van der Waals surface area contributed by atoms with E-state index in [-0.39, 0.29) is 32.4 Å². The number of unbranched alkanes of at least 4 members (excludes halogenated alkanes) is 4. The van der Waals surface area contributed by atoms with Crippen LogP contribution >= 0.6 is 0 Å². The van der Waals surface area contributed by atoms with E-state index in [1.54, 1.807) is 58.9 Å². The van der Waals surface area contributed by atoms with Crippen molar-refractivity contribution >= 4 is 41.8 Å². The van der Waals surface area contributed by atoms with E-state index < -0.39 is 119 Å². The number of nitrogens with zero attached hydrogens (tertiary/aromatic N) is 1. The number of rotatable bonds is 22. The molecule has 4 aliphatic heterocycles. The third kappa shape index (κ3) is 11.9. The average Bonchev–Trinajstić information content (AvgIpc) is 3.90. The predicted molar refractivity (Wildman–Crippen MR) is 240 cm³/mol. The molecule has 2 bridgehead atoms. The molecule has 5 aliphatic rings. The molecule has 1 aliphatic carbocycles. The molecule has 0 aromatic heterocycles. The first kappa shape index (κ1) is 51.9. The number of hydrogen-bond acceptors (Lipinski definition) is 16. The lowest BCUT2D eigenvalue weighted by Gasteiger charge is -2.49. The number of hydroxylamine groups is 2. The van der Waals surface area contributed by atoms with Crippen LogP contribution in [0, 0.1) is 10.8 Å². The molecule has 4 saturated heterocycles. The van der Waals surface area contributed by atoms with Gasteiger partial charge in [0.15, 0.2) is 11.8 Å². The SMILES string of the molecule is CCCCCC1(CCCCC)O[C@@H]2[C@H](O1)[C@H]1ON(Cc3cccc(C=CC(=O)O[C@H]4C(=O)OCC4(C)C)c3)[C@H]3C(=O)O[C@@H]2C[C@@]13C(=O)N[C@@H](C(=O)N[C@H](CO)CCC(=O)OC(C)(C)C)[C@H](C)O. The summed E-state index contributed by atoms with van der Waals surface area (Å²) in [7, 11) is 0. The van der Waals surface area contributed by atoms with Crippen LogP contribution in [-0.2, 0) is 68.6 Å². The molecule has 18 heteroatoms. The molecule has 1 saturated carbocycles. The van der Waals surface area contributed by atoms with Gasteiger partial charge in [-0.3, -0.25) is 24.0 Å². The van der Waals surface area contributed by atoms with E-state index in [9.17, 15) is 34.2 Å². The molecule has 372 valence electrons. The first-order chi connectivity index (χ1) is 31.7. The van der Waals surface area contributed by atoms with Crippen LogP contribution in [0.15, 0.2) is 30.3 Å². The summed E-state index contributed by atoms with van der Waals surface area (Å²) in [6.07, 6.45) is 3.13. The van der Waals surface area contributed by atoms with Crippen LogP contribution < -0.4 is 10.6 Å². The third-order valence-corrected chi connectivity index (χ3v) is 13.2. The van der Waals surface area contributed by atoms with Gasteiger partial charge in [0.2, 0.25) is 17.9 Å². The van der Waals surface area contributed by atoms with Gasteiger partial charge < -0.3 is 49.3 Å². The smallest absolute Gasteiger partial charge is 0.348 e. The maximum atomic E-state index is 15.2. The number of hydrogen-bond donors (Lipinski definition) is 4. The molecule has 10 atom stereocenters. The first-order valence-corrected chi connectivity index (χ1v) is 23.9. The maximum absolute atomic E-state index is 15.2. The van der Waals surface area contributed by atoms with E-state index in [1.165, 1.54) is 24.1 Å². The van der Waals surface area contributed by atoms with Gasteiger partial charge in [-0.1, -0.05) is 77.6 Å². The van der Waals surface area contributed by atoms with Crippen molar-refractivity contribution in [2.24, 2.45) is 10.8 Å². The van der Waals surface area contributed by atoms with Crippen molar-refractivity contribution in [2.75, 3.05) is 13.2 Å². The highest BCUT2D eigenvalue weighted by Crippen LogP contribution is 2.58. The molecule has 5 fully saturated rings. The van der Waals surface area contributed by atoms with Crippen molar-refractivity contribution in [3.05, 3.63) is 41.5 Å². The summed E-state index contributed by atoms with van der Waals surface area (Å²) in [5.74, 6) is -5.18. The van der Waals surface area contributed by atoms with Crippen molar-refractivity contribution in [1.82, 2.24) is 15.7 Å². The fraction of sp³-hybridized carbons (Fsp3) is 0.714. The van der Waals surface area contributed by atoms with E-state index in [4.69, 9.17) is 33.3 Å². The average molecular weight is 942 g/mol. The van der Waals surface area contributed by atoms with Crippen LogP contribution in [0.5, 0.6) is 0 Å². The minimum Gasteiger partial charge on any atom is -0.462 e. The number of benzene rings is 1. The van der Waals surface area contributed by atoms with Gasteiger partial charge in [-0.15, -0.1) is 0 Å². The topological polar surface area (TPSA) is 235 Å². The second kappa shape index (κ2) is 21.5. The van der Waals surface area contributed by atoms with Crippen LogP contribution in [0.25, 0.3) is 6.08 Å². The zero-order chi connectivity index (χ0) is 48.9. The van der Waals surface area contributed by atoms with Crippen LogP contribution in [-0.4, -0.2) is 130 Å². The Bertz CT molecular complexity index is 1990. The molecular weight excluding hydrogens is 871 g/mol. The summed E-state index contributed by atoms with van der Waals surface area (Å²) in [5, 5.41) is 28.0. The van der Waals surface area contributed by atoms with Crippen molar-refractivity contribution in [3.8, 4) is 0 Å². The first-order valence-electron chi connectivity index (χ1n) is 23.9. The van der Waals surface area contributed by atoms with E-state index >= 15 is 4.79 Å². The summed E-state index contributed by atoms with van der Waals surface area (Å²) in [6.45, 7) is 13.8. The molecular formula is C49H71N3O15. The number of carbonyl (C=O) groups excluding carboxylic acids is 6. The van der Waals surface area contributed by atoms with Crippen LogP contribution in [0.3, 0.4) is 0 Å². The molecule has 2 amide bonds. The van der Waals surface area contributed by atoms with Gasteiger partial charge in [-0.25, -0.2) is 9.59 Å². The number of carbonyl (C=O) groups is 6. The number of ether oxygens (including phenoxy) is 6. The number of esters is 4. The molecule has 0 spiro atoms. The number of nitrogens with one attached hydrogen (secondary N) is 2. The number of cyclic esters (lactones) is 1. The Labute approximate surface area is 393 Å². The van der Waals surface area contributed by atoms with E-state index in [2.05, 4.69) is 24.5 Å². The van der Waals surface area contributed by atoms with Gasteiger partial charge in [-0.05, 0) is 64.2 Å². The number of aliphatic hydroxyl groups is 2. The Morgan fingerprint density at radius 3 is 2.28 bits per heavy atom. The highest BCUT2D eigenvalue weighted by Gasteiger charge is 2.76. The lowest BCUT2D eigenvalue weighted by molar-refractivity contribution is -0.224. The van der Waals surface area contributed by atoms with Crippen molar-refractivity contribution < 1.29 is 72.2 Å². The number of aliphatic hydroxyl groups excluding tert-OH is 2. The minimum absolute atomic E-state index is 0.0248. The zero-order valence-corrected chi connectivity index (χ0v) is 40.2. The third-order valence-electron chi connectivity index (χ3n) is 13.2. The second-order valence-electron chi connectivity index (χ2n) is 20.4. The zero-order valence-electron chi connectivity index (χ0n) is 40.2. The Kier molecular flexibility index (Phi) is 16.6. The van der Waals surface area contributed by atoms with Gasteiger partial charge in [0, 0.05) is 37.2 Å². The molecule has 18 nitrogen and oxygen atoms in total. The van der Waals surface area contributed by atoms with Gasteiger partial charge in [0.25, 0.3) is 0 Å². The second-order valence-corrected chi connectivity index (χ2v) is 20.4. The van der Waals surface area contributed by atoms with Gasteiger partial charge in [0.1, 0.15) is 48.1 Å². The van der Waals surface area contributed by atoms with Crippen LogP contribution in [0.4, 0.5) is 0 Å². The molecule has 6 rings (SSSR count). The monoisotopic (exact) mass is 941 g/mol. The van der Waals surface area contributed by atoms with Crippen molar-refractivity contribution in [2.45, 2.75) is 199 Å². The van der Waals surface area contributed by atoms with Gasteiger partial charge >= 0.3 is 23.9 Å². The molecule has 4 heterocycles. The van der Waals surface area contributed by atoms with Gasteiger partial charge in [0.05, 0.1) is 25.3 Å². The van der Waals surface area contributed by atoms with E-state index in [1.807, 2.05) is 0 Å². The molecule has 4 N–H and O–H groups in total. The summed E-state index contributed by atoms with van der Waals surface area (Å²) in [4.78, 5) is 87.8. The highest BCUT2D eigenvalue weighted by molar-refractivity contribution is 5.96.